The topological polar surface area (TPSA) is 80.3 Å². The van der Waals surface area contributed by atoms with Crippen LogP contribution in [0, 0.1) is 0 Å². The number of hydrogen-bond donors (Lipinski definition) is 2. The standard InChI is InChI=1S/C15H14ClN3O3/c1-10(22-13-6-2-5-12(16)8-13)14(20)18-19-15(21)11-4-3-7-17-9-11/h2-10H,1H3,(H,18,20)(H,19,21)/t10-/m1/s1. The number of nitrogens with zero attached hydrogens (tertiary/aromatic N) is 1. The van der Waals surface area contributed by atoms with Gasteiger partial charge in [0.25, 0.3) is 11.8 Å². The summed E-state index contributed by atoms with van der Waals surface area (Å²) >= 11 is 5.83. The average Bonchev–Trinajstić information content (AvgIpc) is 2.53. The zero-order chi connectivity index (χ0) is 15.9. The number of nitrogens with one attached hydrogen (secondary N) is 2. The largest absolute Gasteiger partial charge is 0.481 e. The van der Waals surface area contributed by atoms with E-state index in [0.717, 1.165) is 0 Å². The Morgan fingerprint density at radius 3 is 2.73 bits per heavy atom. The fraction of sp³-hybridized carbons (Fsp3) is 0.133. The van der Waals surface area contributed by atoms with Crippen molar-refractivity contribution in [1.29, 1.82) is 0 Å². The number of hydrazine groups is 1. The van der Waals surface area contributed by atoms with E-state index in [1.807, 2.05) is 0 Å². The van der Waals surface area contributed by atoms with Crippen molar-refractivity contribution in [2.45, 2.75) is 13.0 Å². The van der Waals surface area contributed by atoms with Gasteiger partial charge in [0.05, 0.1) is 5.56 Å². The molecule has 0 aliphatic carbocycles. The first kappa shape index (κ1) is 15.8. The molecule has 2 rings (SSSR count). The second-order valence-corrected chi connectivity index (χ2v) is 4.84. The Hall–Kier alpha value is -2.60. The molecule has 6 nitrogen and oxygen atoms in total. The van der Waals surface area contributed by atoms with E-state index < -0.39 is 17.9 Å². The molecule has 7 heteroatoms. The highest BCUT2D eigenvalue weighted by molar-refractivity contribution is 6.30. The Bertz CT molecular complexity index is 664. The first-order valence-corrected chi connectivity index (χ1v) is 6.86. The van der Waals surface area contributed by atoms with Crippen molar-refractivity contribution in [2.75, 3.05) is 0 Å². The fourth-order valence-electron chi connectivity index (χ4n) is 1.59. The highest BCUT2D eigenvalue weighted by Crippen LogP contribution is 2.18. The molecule has 114 valence electrons. The van der Waals surface area contributed by atoms with Gasteiger partial charge in [0.2, 0.25) is 0 Å². The number of amides is 2. The van der Waals surface area contributed by atoms with Crippen LogP contribution in [0.5, 0.6) is 5.75 Å². The number of pyridine rings is 1. The van der Waals surface area contributed by atoms with Crippen molar-refractivity contribution >= 4 is 23.4 Å². The fourth-order valence-corrected chi connectivity index (χ4v) is 1.77. The summed E-state index contributed by atoms with van der Waals surface area (Å²) in [6.07, 6.45) is 2.15. The third-order valence-corrected chi connectivity index (χ3v) is 2.94. The second-order valence-electron chi connectivity index (χ2n) is 4.40. The summed E-state index contributed by atoms with van der Waals surface area (Å²) < 4.78 is 5.43. The van der Waals surface area contributed by atoms with Gasteiger partial charge in [0, 0.05) is 17.4 Å². The van der Waals surface area contributed by atoms with Gasteiger partial charge >= 0.3 is 0 Å². The number of benzene rings is 1. The van der Waals surface area contributed by atoms with Crippen LogP contribution in [0.1, 0.15) is 17.3 Å². The van der Waals surface area contributed by atoms with Crippen molar-refractivity contribution in [3.63, 3.8) is 0 Å². The Balaban J connectivity index is 1.85. The predicted octanol–water partition coefficient (Wildman–Crippen LogP) is 1.96. The van der Waals surface area contributed by atoms with E-state index >= 15 is 0 Å². The van der Waals surface area contributed by atoms with Crippen LogP contribution in [-0.2, 0) is 4.79 Å². The van der Waals surface area contributed by atoms with E-state index in [1.54, 1.807) is 49.5 Å². The van der Waals surface area contributed by atoms with Crippen LogP contribution >= 0.6 is 11.6 Å². The Morgan fingerprint density at radius 2 is 2.05 bits per heavy atom. The molecule has 0 radical (unpaired) electrons. The lowest BCUT2D eigenvalue weighted by Crippen LogP contribution is -2.47. The van der Waals surface area contributed by atoms with Gasteiger partial charge in [0.15, 0.2) is 6.10 Å². The van der Waals surface area contributed by atoms with E-state index in [4.69, 9.17) is 16.3 Å². The molecule has 0 unspecified atom stereocenters. The maximum Gasteiger partial charge on any atom is 0.279 e. The molecule has 1 aromatic heterocycles. The van der Waals surface area contributed by atoms with E-state index in [2.05, 4.69) is 15.8 Å². The molecule has 0 saturated heterocycles. The van der Waals surface area contributed by atoms with Gasteiger partial charge < -0.3 is 4.74 Å². The van der Waals surface area contributed by atoms with E-state index in [0.29, 0.717) is 16.3 Å². The van der Waals surface area contributed by atoms with Crippen LogP contribution in [0.2, 0.25) is 5.02 Å². The molecule has 0 aliphatic heterocycles. The maximum atomic E-state index is 11.9. The van der Waals surface area contributed by atoms with Crippen molar-refractivity contribution in [3.8, 4) is 5.75 Å². The van der Waals surface area contributed by atoms with Gasteiger partial charge in [-0.05, 0) is 37.3 Å². The molecular weight excluding hydrogens is 306 g/mol. The number of carbonyl (C=O) groups is 2. The number of halogens is 1. The minimum atomic E-state index is -0.798. The van der Waals surface area contributed by atoms with Gasteiger partial charge in [0.1, 0.15) is 5.75 Å². The Labute approximate surface area is 132 Å². The molecule has 22 heavy (non-hydrogen) atoms. The Kier molecular flexibility index (Phi) is 5.32. The average molecular weight is 320 g/mol. The molecule has 2 aromatic rings. The number of hydrogen-bond acceptors (Lipinski definition) is 4. The SMILES string of the molecule is C[C@@H](Oc1cccc(Cl)c1)C(=O)NNC(=O)c1cccnc1. The van der Waals surface area contributed by atoms with Gasteiger partial charge in [-0.2, -0.15) is 0 Å². The van der Waals surface area contributed by atoms with Gasteiger partial charge in [-0.25, -0.2) is 0 Å². The monoisotopic (exact) mass is 319 g/mol. The molecule has 0 bridgehead atoms. The van der Waals surface area contributed by atoms with E-state index in [9.17, 15) is 9.59 Å². The third kappa shape index (κ3) is 4.46. The minimum Gasteiger partial charge on any atom is -0.481 e. The molecule has 2 amide bonds. The van der Waals surface area contributed by atoms with Crippen LogP contribution in [0.4, 0.5) is 0 Å². The predicted molar refractivity (Wildman–Crippen MR) is 81.4 cm³/mol. The number of carbonyl (C=O) groups excluding carboxylic acids is 2. The number of aromatic nitrogens is 1. The third-order valence-electron chi connectivity index (χ3n) is 2.70. The highest BCUT2D eigenvalue weighted by Gasteiger charge is 2.16. The van der Waals surface area contributed by atoms with E-state index in [-0.39, 0.29) is 0 Å². The number of ether oxygens (including phenoxy) is 1. The lowest BCUT2D eigenvalue weighted by atomic mass is 10.3. The molecule has 1 atom stereocenters. The second kappa shape index (κ2) is 7.42. The summed E-state index contributed by atoms with van der Waals surface area (Å²) in [7, 11) is 0. The van der Waals surface area contributed by atoms with Crippen molar-refractivity contribution in [1.82, 2.24) is 15.8 Å². The molecule has 2 N–H and O–H groups in total. The zero-order valence-electron chi connectivity index (χ0n) is 11.7. The van der Waals surface area contributed by atoms with Crippen molar-refractivity contribution < 1.29 is 14.3 Å². The molecule has 0 saturated carbocycles. The smallest absolute Gasteiger partial charge is 0.279 e. The first-order chi connectivity index (χ1) is 10.6. The lowest BCUT2D eigenvalue weighted by Gasteiger charge is -2.15. The van der Waals surface area contributed by atoms with Gasteiger partial charge in [-0.3, -0.25) is 25.4 Å². The van der Waals surface area contributed by atoms with Crippen LogP contribution in [0.3, 0.4) is 0 Å². The summed E-state index contributed by atoms with van der Waals surface area (Å²) in [5.41, 5.74) is 4.92. The summed E-state index contributed by atoms with van der Waals surface area (Å²) in [4.78, 5) is 27.4. The van der Waals surface area contributed by atoms with E-state index in [1.165, 1.54) is 6.20 Å². The number of rotatable bonds is 4. The maximum absolute atomic E-state index is 11.9. The minimum absolute atomic E-state index is 0.339. The quantitative estimate of drug-likeness (QED) is 0.844. The lowest BCUT2D eigenvalue weighted by molar-refractivity contribution is -0.128. The molecule has 1 aromatic carbocycles. The Morgan fingerprint density at radius 1 is 1.23 bits per heavy atom. The first-order valence-electron chi connectivity index (χ1n) is 6.48. The highest BCUT2D eigenvalue weighted by atomic mass is 35.5. The van der Waals surface area contributed by atoms with Crippen LogP contribution < -0.4 is 15.6 Å². The normalized spacial score (nSPS) is 11.4. The van der Waals surface area contributed by atoms with Gasteiger partial charge in [-0.1, -0.05) is 17.7 Å². The molecule has 0 fully saturated rings. The summed E-state index contributed by atoms with van der Waals surface area (Å²) in [6.45, 7) is 1.56. The van der Waals surface area contributed by atoms with Crippen LogP contribution in [0.25, 0.3) is 0 Å². The van der Waals surface area contributed by atoms with Crippen molar-refractivity contribution in [3.05, 3.63) is 59.4 Å². The molecule has 0 spiro atoms. The molecule has 0 aliphatic rings. The summed E-state index contributed by atoms with van der Waals surface area (Å²) in [5.74, 6) is -0.484. The zero-order valence-corrected chi connectivity index (χ0v) is 12.5. The van der Waals surface area contributed by atoms with Gasteiger partial charge in [-0.15, -0.1) is 0 Å². The summed E-state index contributed by atoms with van der Waals surface area (Å²) in [5, 5.41) is 0.509. The molecular formula is C15H14ClN3O3. The van der Waals surface area contributed by atoms with Crippen LogP contribution in [-0.4, -0.2) is 22.9 Å². The van der Waals surface area contributed by atoms with Crippen molar-refractivity contribution in [2.24, 2.45) is 0 Å². The van der Waals surface area contributed by atoms with Crippen LogP contribution in [0.15, 0.2) is 48.8 Å². The molecule has 1 heterocycles. The summed E-state index contributed by atoms with van der Waals surface area (Å²) in [6, 6.07) is 9.91.